The quantitative estimate of drug-likeness (QED) is 0.373. The largest absolute Gasteiger partial charge is 0.491 e. The van der Waals surface area contributed by atoms with Crippen molar-refractivity contribution in [1.29, 1.82) is 5.26 Å². The zero-order valence-corrected chi connectivity index (χ0v) is 8.93. The fourth-order valence-corrected chi connectivity index (χ4v) is 1.00. The maximum Gasteiger partial charge on any atom is 0.491 e. The van der Waals surface area contributed by atoms with Crippen LogP contribution in [-0.2, 0) is 6.67 Å². The van der Waals surface area contributed by atoms with Crippen molar-refractivity contribution in [2.75, 3.05) is 0 Å². The van der Waals surface area contributed by atoms with Gasteiger partial charge in [0.15, 0.2) is 0 Å². The molecule has 0 spiro atoms. The summed E-state index contributed by atoms with van der Waals surface area (Å²) in [5.74, 6) is 0. The predicted molar refractivity (Wildman–Crippen MR) is 63.8 cm³/mol. The normalized spacial score (nSPS) is 11.5. The molecule has 1 aromatic rings. The van der Waals surface area contributed by atoms with Gasteiger partial charge in [0.1, 0.15) is 12.7 Å². The number of aromatic nitrogens is 2. The molecule has 1 rings (SSSR count). The lowest BCUT2D eigenvalue weighted by Gasteiger charge is -1.94. The van der Waals surface area contributed by atoms with Gasteiger partial charge in [0.25, 0.3) is 0 Å². The van der Waals surface area contributed by atoms with Gasteiger partial charge in [-0.05, 0) is 6.72 Å². The van der Waals surface area contributed by atoms with Crippen LogP contribution >= 0.6 is 0 Å². The molecule has 2 N–H and O–H groups in total. The molecule has 0 atom stereocenters. The lowest BCUT2D eigenvalue weighted by molar-refractivity contribution is 0.425. The van der Waals surface area contributed by atoms with Gasteiger partial charge < -0.3 is 10.0 Å². The summed E-state index contributed by atoms with van der Waals surface area (Å²) in [5, 5.41) is 30.2. The van der Waals surface area contributed by atoms with Gasteiger partial charge in [0, 0.05) is 30.3 Å². The SMILES string of the molecule is C=N/C=C(C#N)\C=N/Cn1cc(B(O)O)cn1. The highest BCUT2D eigenvalue weighted by Gasteiger charge is 2.12. The van der Waals surface area contributed by atoms with E-state index in [4.69, 9.17) is 15.3 Å². The summed E-state index contributed by atoms with van der Waals surface area (Å²) in [5.41, 5.74) is 0.554. The molecule has 17 heavy (non-hydrogen) atoms. The smallest absolute Gasteiger partial charge is 0.423 e. The molecule has 1 aromatic heterocycles. The lowest BCUT2D eigenvalue weighted by Crippen LogP contribution is -2.28. The van der Waals surface area contributed by atoms with Crippen molar-refractivity contribution < 1.29 is 10.0 Å². The number of hydrogen-bond acceptors (Lipinski definition) is 6. The van der Waals surface area contributed by atoms with Crippen LogP contribution in [0.4, 0.5) is 0 Å². The van der Waals surface area contributed by atoms with Gasteiger partial charge in [0.05, 0.1) is 5.57 Å². The van der Waals surface area contributed by atoms with Gasteiger partial charge >= 0.3 is 7.12 Å². The Labute approximate surface area is 98.2 Å². The van der Waals surface area contributed by atoms with Gasteiger partial charge in [-0.25, -0.2) is 0 Å². The number of rotatable bonds is 5. The summed E-state index contributed by atoms with van der Waals surface area (Å²) < 4.78 is 1.40. The molecule has 1 heterocycles. The second-order valence-corrected chi connectivity index (χ2v) is 3.02. The third kappa shape index (κ3) is 4.02. The topological polar surface area (TPSA) is 107 Å². The Kier molecular flexibility index (Phi) is 4.81. The van der Waals surface area contributed by atoms with Crippen molar-refractivity contribution in [3.8, 4) is 6.07 Å². The maximum atomic E-state index is 8.85. The number of nitriles is 1. The van der Waals surface area contributed by atoms with E-state index in [0.717, 1.165) is 0 Å². The van der Waals surface area contributed by atoms with Crippen LogP contribution in [0.5, 0.6) is 0 Å². The molecule has 86 valence electrons. The van der Waals surface area contributed by atoms with E-state index in [1.165, 1.54) is 29.5 Å². The highest BCUT2D eigenvalue weighted by Crippen LogP contribution is 1.90. The predicted octanol–water partition coefficient (Wildman–Crippen LogP) is -1.30. The maximum absolute atomic E-state index is 8.85. The van der Waals surface area contributed by atoms with E-state index < -0.39 is 7.12 Å². The first-order valence-corrected chi connectivity index (χ1v) is 4.61. The fraction of sp³-hybridized carbons (Fsp3) is 0.111. The van der Waals surface area contributed by atoms with E-state index in [0.29, 0.717) is 0 Å². The van der Waals surface area contributed by atoms with Crippen molar-refractivity contribution in [1.82, 2.24) is 9.78 Å². The molecule has 8 heteroatoms. The summed E-state index contributed by atoms with van der Waals surface area (Å²) in [6, 6.07) is 1.88. The van der Waals surface area contributed by atoms with Crippen molar-refractivity contribution in [3.63, 3.8) is 0 Å². The average Bonchev–Trinajstić information content (AvgIpc) is 2.77. The van der Waals surface area contributed by atoms with E-state index in [1.54, 1.807) is 0 Å². The molecule has 7 nitrogen and oxygen atoms in total. The third-order valence-electron chi connectivity index (χ3n) is 1.77. The Balaban J connectivity index is 2.61. The van der Waals surface area contributed by atoms with Crippen molar-refractivity contribution >= 4 is 25.5 Å². The number of aliphatic imine (C=N–C) groups is 2. The highest BCUT2D eigenvalue weighted by atomic mass is 16.4. The molecule has 0 amide bonds. The molecular formula is C9H10BN5O2. The zero-order valence-electron chi connectivity index (χ0n) is 8.93. The van der Waals surface area contributed by atoms with Crippen LogP contribution < -0.4 is 5.46 Å². The standard InChI is InChI=1S/C9H10BN5O2/c1-12-3-8(2-11)4-13-7-15-6-9(5-14-15)10(16)17/h3-6,16-17H,1,7H2/b8-3-,13-4-. The van der Waals surface area contributed by atoms with Gasteiger partial charge in [-0.2, -0.15) is 10.4 Å². The molecule has 0 radical (unpaired) electrons. The van der Waals surface area contributed by atoms with Crippen LogP contribution in [0.15, 0.2) is 34.2 Å². The first-order valence-electron chi connectivity index (χ1n) is 4.61. The Morgan fingerprint density at radius 2 is 2.47 bits per heavy atom. The summed E-state index contributed by atoms with van der Waals surface area (Å²) in [6.07, 6.45) is 5.40. The summed E-state index contributed by atoms with van der Waals surface area (Å²) in [4.78, 5) is 7.38. The molecule has 0 unspecified atom stereocenters. The number of nitrogens with zero attached hydrogens (tertiary/aromatic N) is 5. The van der Waals surface area contributed by atoms with Crippen LogP contribution in [0.3, 0.4) is 0 Å². The molecule has 0 saturated heterocycles. The highest BCUT2D eigenvalue weighted by molar-refractivity contribution is 6.58. The molecular weight excluding hydrogens is 221 g/mol. The monoisotopic (exact) mass is 231 g/mol. The first-order chi connectivity index (χ1) is 8.17. The Bertz CT molecular complexity index is 486. The number of allylic oxidation sites excluding steroid dienone is 1. The van der Waals surface area contributed by atoms with Crippen LogP contribution in [0, 0.1) is 11.3 Å². The zero-order chi connectivity index (χ0) is 12.7. The fourth-order valence-electron chi connectivity index (χ4n) is 1.00. The Morgan fingerprint density at radius 1 is 1.71 bits per heavy atom. The molecule has 0 saturated carbocycles. The molecule has 0 aliphatic rings. The van der Waals surface area contributed by atoms with Crippen LogP contribution in [0.2, 0.25) is 0 Å². The minimum absolute atomic E-state index is 0.170. The third-order valence-corrected chi connectivity index (χ3v) is 1.77. The lowest BCUT2D eigenvalue weighted by atomic mass is 9.83. The second-order valence-electron chi connectivity index (χ2n) is 3.02. The van der Waals surface area contributed by atoms with Crippen LogP contribution in [-0.4, -0.2) is 39.9 Å². The van der Waals surface area contributed by atoms with Gasteiger partial charge in [-0.1, -0.05) is 0 Å². The molecule has 0 aliphatic heterocycles. The minimum Gasteiger partial charge on any atom is -0.423 e. The molecule has 0 aliphatic carbocycles. The average molecular weight is 231 g/mol. The minimum atomic E-state index is -1.55. The molecule has 0 aromatic carbocycles. The Morgan fingerprint density at radius 3 is 3.00 bits per heavy atom. The second kappa shape index (κ2) is 6.37. The van der Waals surface area contributed by atoms with E-state index in [9.17, 15) is 0 Å². The summed E-state index contributed by atoms with van der Waals surface area (Å²) in [7, 11) is -1.55. The number of hydrogen-bond donors (Lipinski definition) is 2. The summed E-state index contributed by atoms with van der Waals surface area (Å²) >= 11 is 0. The first kappa shape index (κ1) is 12.8. The molecule has 0 bridgehead atoms. The van der Waals surface area contributed by atoms with Crippen LogP contribution in [0.1, 0.15) is 0 Å². The van der Waals surface area contributed by atoms with E-state index >= 15 is 0 Å². The van der Waals surface area contributed by atoms with E-state index in [-0.39, 0.29) is 17.7 Å². The van der Waals surface area contributed by atoms with E-state index in [2.05, 4.69) is 21.8 Å². The van der Waals surface area contributed by atoms with Crippen LogP contribution in [0.25, 0.3) is 0 Å². The van der Waals surface area contributed by atoms with Gasteiger partial charge in [-0.3, -0.25) is 14.7 Å². The van der Waals surface area contributed by atoms with Gasteiger partial charge in [-0.15, -0.1) is 0 Å². The van der Waals surface area contributed by atoms with Crippen molar-refractivity contribution in [2.24, 2.45) is 9.98 Å². The van der Waals surface area contributed by atoms with E-state index in [1.807, 2.05) is 6.07 Å². The van der Waals surface area contributed by atoms with Crippen molar-refractivity contribution in [2.45, 2.75) is 6.67 Å². The summed E-state index contributed by atoms with van der Waals surface area (Å²) in [6.45, 7) is 3.39. The van der Waals surface area contributed by atoms with Crippen molar-refractivity contribution in [3.05, 3.63) is 24.2 Å². The van der Waals surface area contributed by atoms with Gasteiger partial charge in [0.2, 0.25) is 0 Å². The molecule has 0 fully saturated rings. The Hall–Kier alpha value is -2.24.